The molecule has 0 bridgehead atoms. The number of carbonyl (C=O) groups is 1. The summed E-state index contributed by atoms with van der Waals surface area (Å²) in [6.07, 6.45) is -0.212. The normalized spacial score (nSPS) is 11.9. The largest absolute Gasteiger partial charge is 0.479 e. The number of hydrogen-bond donors (Lipinski definition) is 0. The average Bonchev–Trinajstić information content (AvgIpc) is 2.47. The van der Waals surface area contributed by atoms with Crippen molar-refractivity contribution < 1.29 is 13.9 Å². The van der Waals surface area contributed by atoms with Crippen LogP contribution in [-0.2, 0) is 0 Å². The van der Waals surface area contributed by atoms with Crippen LogP contribution >= 0.6 is 15.9 Å². The number of Topliss-reactive ketones (excluding diaryl/α,β-unsaturated/α-hetero) is 1. The van der Waals surface area contributed by atoms with E-state index in [1.807, 2.05) is 13.0 Å². The van der Waals surface area contributed by atoms with Gasteiger partial charge in [-0.3, -0.25) is 4.79 Å². The quantitative estimate of drug-likeness (QED) is 0.744. The fourth-order valence-electron chi connectivity index (χ4n) is 1.83. The van der Waals surface area contributed by atoms with Gasteiger partial charge in [-0.15, -0.1) is 0 Å². The first-order valence-corrected chi connectivity index (χ1v) is 7.12. The lowest BCUT2D eigenvalue weighted by molar-refractivity contribution is 0.0780. The molecule has 0 amide bonds. The Balaban J connectivity index is 2.19. The number of ketones is 1. The highest BCUT2D eigenvalue weighted by Gasteiger charge is 2.21. The van der Waals surface area contributed by atoms with Crippen molar-refractivity contribution in [2.24, 2.45) is 0 Å². The lowest BCUT2D eigenvalue weighted by Crippen LogP contribution is -2.27. The number of benzene rings is 2. The summed E-state index contributed by atoms with van der Waals surface area (Å²) in [5.41, 5.74) is 0.567. The van der Waals surface area contributed by atoms with E-state index < -0.39 is 11.9 Å². The molecule has 0 spiro atoms. The second-order valence-corrected chi connectivity index (χ2v) is 5.24. The molecule has 2 nitrogen and oxygen atoms in total. The number of ether oxygens (including phenoxy) is 1. The van der Waals surface area contributed by atoms with Crippen LogP contribution in [0.5, 0.6) is 5.75 Å². The van der Waals surface area contributed by atoms with Crippen LogP contribution in [0.25, 0.3) is 0 Å². The van der Waals surface area contributed by atoms with Gasteiger partial charge < -0.3 is 4.74 Å². The Labute approximate surface area is 125 Å². The Morgan fingerprint density at radius 1 is 1.25 bits per heavy atom. The molecule has 0 N–H and O–H groups in total. The van der Waals surface area contributed by atoms with Gasteiger partial charge in [-0.05, 0) is 24.6 Å². The fraction of sp³-hybridized carbons (Fsp3) is 0.188. The second-order valence-electron chi connectivity index (χ2n) is 4.32. The van der Waals surface area contributed by atoms with Crippen LogP contribution in [0.4, 0.5) is 4.39 Å². The molecule has 0 heterocycles. The smallest absolute Gasteiger partial charge is 0.203 e. The minimum absolute atomic E-state index is 0.0873. The highest BCUT2D eigenvalue weighted by molar-refractivity contribution is 9.10. The van der Waals surface area contributed by atoms with E-state index >= 15 is 0 Å². The molecule has 2 aromatic carbocycles. The highest BCUT2D eigenvalue weighted by atomic mass is 79.9. The molecule has 20 heavy (non-hydrogen) atoms. The van der Waals surface area contributed by atoms with Crippen LogP contribution in [0.3, 0.4) is 0 Å². The molecule has 104 valence electrons. The third kappa shape index (κ3) is 3.45. The molecule has 0 fully saturated rings. The molecule has 0 radical (unpaired) electrons. The lowest BCUT2D eigenvalue weighted by Gasteiger charge is -2.17. The average molecular weight is 337 g/mol. The van der Waals surface area contributed by atoms with Crippen LogP contribution < -0.4 is 4.74 Å². The topological polar surface area (TPSA) is 26.3 Å². The van der Waals surface area contributed by atoms with Gasteiger partial charge >= 0.3 is 0 Å². The molecule has 0 saturated heterocycles. The van der Waals surface area contributed by atoms with Crippen molar-refractivity contribution in [1.82, 2.24) is 0 Å². The van der Waals surface area contributed by atoms with Crippen LogP contribution in [0.1, 0.15) is 23.7 Å². The van der Waals surface area contributed by atoms with E-state index in [2.05, 4.69) is 15.9 Å². The third-order valence-corrected chi connectivity index (χ3v) is 3.38. The predicted octanol–water partition coefficient (Wildman–Crippen LogP) is 4.63. The van der Waals surface area contributed by atoms with Crippen molar-refractivity contribution in [3.63, 3.8) is 0 Å². The van der Waals surface area contributed by atoms with Crippen molar-refractivity contribution in [2.45, 2.75) is 19.4 Å². The zero-order chi connectivity index (χ0) is 14.5. The summed E-state index contributed by atoms with van der Waals surface area (Å²) in [6, 6.07) is 13.4. The summed E-state index contributed by atoms with van der Waals surface area (Å²) >= 11 is 3.18. The maximum atomic E-state index is 13.7. The van der Waals surface area contributed by atoms with Gasteiger partial charge in [-0.2, -0.15) is 0 Å². The van der Waals surface area contributed by atoms with Crippen LogP contribution in [-0.4, -0.2) is 11.9 Å². The van der Waals surface area contributed by atoms with Gasteiger partial charge in [0.05, 0.1) is 0 Å². The van der Waals surface area contributed by atoms with E-state index in [0.29, 0.717) is 16.5 Å². The first kappa shape index (κ1) is 14.7. The van der Waals surface area contributed by atoms with Crippen LogP contribution in [0.15, 0.2) is 53.0 Å². The molecule has 0 aliphatic carbocycles. The van der Waals surface area contributed by atoms with Gasteiger partial charge in [0, 0.05) is 10.0 Å². The fourth-order valence-corrected chi connectivity index (χ4v) is 2.17. The Hall–Kier alpha value is -1.68. The second kappa shape index (κ2) is 6.66. The zero-order valence-corrected chi connectivity index (χ0v) is 12.6. The molecule has 0 saturated carbocycles. The van der Waals surface area contributed by atoms with Gasteiger partial charge in [0.25, 0.3) is 0 Å². The van der Waals surface area contributed by atoms with Crippen LogP contribution in [0, 0.1) is 5.82 Å². The maximum Gasteiger partial charge on any atom is 0.203 e. The third-order valence-electron chi connectivity index (χ3n) is 2.88. The van der Waals surface area contributed by atoms with Crippen molar-refractivity contribution >= 4 is 21.7 Å². The van der Waals surface area contributed by atoms with Crippen molar-refractivity contribution in [2.75, 3.05) is 0 Å². The first-order valence-electron chi connectivity index (χ1n) is 6.32. The molecule has 2 rings (SSSR count). The Morgan fingerprint density at radius 3 is 2.55 bits per heavy atom. The standard InChI is InChI=1S/C16H14BrFO2/c1-2-14(16(19)11-6-4-3-5-7-11)20-15-9-8-12(17)10-13(15)18/h3-10,14H,2H2,1H3. The molecular formula is C16H14BrFO2. The summed E-state index contributed by atoms with van der Waals surface area (Å²) in [6.45, 7) is 1.84. The highest BCUT2D eigenvalue weighted by Crippen LogP contribution is 2.23. The van der Waals surface area contributed by atoms with Crippen molar-refractivity contribution in [3.05, 3.63) is 64.4 Å². The van der Waals surface area contributed by atoms with E-state index in [-0.39, 0.29) is 11.5 Å². The van der Waals surface area contributed by atoms with Gasteiger partial charge in [0.1, 0.15) is 0 Å². The van der Waals surface area contributed by atoms with Gasteiger partial charge in [0.15, 0.2) is 17.7 Å². The number of halogens is 2. The molecule has 1 atom stereocenters. The van der Waals surface area contributed by atoms with E-state index in [1.165, 1.54) is 12.1 Å². The van der Waals surface area contributed by atoms with Crippen molar-refractivity contribution in [1.29, 1.82) is 0 Å². The van der Waals surface area contributed by atoms with E-state index in [0.717, 1.165) is 0 Å². The first-order chi connectivity index (χ1) is 9.61. The number of rotatable bonds is 5. The van der Waals surface area contributed by atoms with Crippen molar-refractivity contribution in [3.8, 4) is 5.75 Å². The molecule has 1 unspecified atom stereocenters. The van der Waals surface area contributed by atoms with Gasteiger partial charge in [-0.1, -0.05) is 53.2 Å². The van der Waals surface area contributed by atoms with Crippen LogP contribution in [0.2, 0.25) is 0 Å². The SMILES string of the molecule is CCC(Oc1ccc(Br)cc1F)C(=O)c1ccccc1. The molecule has 0 aromatic heterocycles. The number of hydrogen-bond acceptors (Lipinski definition) is 2. The Bertz CT molecular complexity index is 599. The lowest BCUT2D eigenvalue weighted by atomic mass is 10.0. The van der Waals surface area contributed by atoms with E-state index in [4.69, 9.17) is 4.74 Å². The van der Waals surface area contributed by atoms with E-state index in [1.54, 1.807) is 30.3 Å². The van der Waals surface area contributed by atoms with E-state index in [9.17, 15) is 9.18 Å². The monoisotopic (exact) mass is 336 g/mol. The molecule has 2 aromatic rings. The Morgan fingerprint density at radius 2 is 1.95 bits per heavy atom. The predicted molar refractivity (Wildman–Crippen MR) is 79.6 cm³/mol. The van der Waals surface area contributed by atoms with Gasteiger partial charge in [0.2, 0.25) is 5.78 Å². The molecule has 0 aliphatic rings. The molecule has 4 heteroatoms. The minimum Gasteiger partial charge on any atom is -0.479 e. The molecular weight excluding hydrogens is 323 g/mol. The maximum absolute atomic E-state index is 13.7. The summed E-state index contributed by atoms with van der Waals surface area (Å²) in [5, 5.41) is 0. The zero-order valence-electron chi connectivity index (χ0n) is 11.0. The summed E-state index contributed by atoms with van der Waals surface area (Å²) in [5.74, 6) is -0.543. The minimum atomic E-state index is -0.687. The molecule has 0 aliphatic heterocycles. The summed E-state index contributed by atoms with van der Waals surface area (Å²) < 4.78 is 19.9. The number of carbonyl (C=O) groups excluding carboxylic acids is 1. The summed E-state index contributed by atoms with van der Waals surface area (Å²) in [4.78, 5) is 12.3. The van der Waals surface area contributed by atoms with Gasteiger partial charge in [-0.25, -0.2) is 4.39 Å². The summed E-state index contributed by atoms with van der Waals surface area (Å²) in [7, 11) is 0. The Kier molecular flexibility index (Phi) is 4.90.